The third-order valence-electron chi connectivity index (χ3n) is 5.10. The molecule has 5 heteroatoms. The molecule has 4 aromatic carbocycles. The molecule has 4 aromatic rings. The molecule has 0 spiro atoms. The Morgan fingerprint density at radius 2 is 1.36 bits per heavy atom. The van der Waals surface area contributed by atoms with Crippen molar-refractivity contribution in [1.29, 1.82) is 0 Å². The van der Waals surface area contributed by atoms with Crippen molar-refractivity contribution >= 4 is 29.4 Å². The van der Waals surface area contributed by atoms with Crippen molar-refractivity contribution in [1.82, 2.24) is 5.48 Å². The highest BCUT2D eigenvalue weighted by atomic mass is 32.2. The molecule has 0 unspecified atom stereocenters. The number of nitrogens with one attached hydrogen (secondary N) is 1. The fraction of sp³-hybridized carbons (Fsp3) is 0.107. The molecule has 0 saturated carbocycles. The first kappa shape index (κ1) is 23.2. The fourth-order valence-electron chi connectivity index (χ4n) is 3.36. The number of thioether (sulfide) groups is 1. The van der Waals surface area contributed by atoms with E-state index >= 15 is 0 Å². The minimum Gasteiger partial charge on any atom is -0.272 e. The van der Waals surface area contributed by atoms with E-state index in [2.05, 4.69) is 60.3 Å². The summed E-state index contributed by atoms with van der Waals surface area (Å²) in [5.74, 6) is -0.164. The van der Waals surface area contributed by atoms with Crippen LogP contribution >= 0.6 is 23.5 Å². The molecule has 1 amide bonds. The van der Waals surface area contributed by atoms with E-state index in [0.29, 0.717) is 6.61 Å². The number of hydrogen-bond donors (Lipinski definition) is 1. The maximum Gasteiger partial charge on any atom is 0.248 e. The maximum atomic E-state index is 12.4. The van der Waals surface area contributed by atoms with Gasteiger partial charge in [0.05, 0.1) is 13.0 Å². The number of carbonyl (C=O) groups is 1. The van der Waals surface area contributed by atoms with Gasteiger partial charge in [-0.1, -0.05) is 84.6 Å². The van der Waals surface area contributed by atoms with Gasteiger partial charge in [-0.15, -0.1) is 11.8 Å². The standard InChI is InChI=1S/C28H25NO2S2/c1-32-25-15-11-22(12-16-25)23-13-17-26(18-14-23)33-27-10-6-5-9-24(27)19-28(30)29-31-20-21-7-3-2-4-8-21/h2-18H,19-20H2,1H3,(H,29,30). The van der Waals surface area contributed by atoms with Gasteiger partial charge in [0.1, 0.15) is 0 Å². The van der Waals surface area contributed by atoms with Gasteiger partial charge in [-0.25, -0.2) is 5.48 Å². The summed E-state index contributed by atoms with van der Waals surface area (Å²) >= 11 is 3.41. The molecule has 0 heterocycles. The van der Waals surface area contributed by atoms with Crippen molar-refractivity contribution in [3.05, 3.63) is 114 Å². The van der Waals surface area contributed by atoms with Crippen LogP contribution < -0.4 is 5.48 Å². The summed E-state index contributed by atoms with van der Waals surface area (Å²) in [6.07, 6.45) is 2.35. The Morgan fingerprint density at radius 3 is 2.03 bits per heavy atom. The lowest BCUT2D eigenvalue weighted by atomic mass is 10.1. The van der Waals surface area contributed by atoms with Crippen molar-refractivity contribution in [2.75, 3.05) is 6.26 Å². The van der Waals surface area contributed by atoms with Crippen LogP contribution in [-0.2, 0) is 22.7 Å². The summed E-state index contributed by atoms with van der Waals surface area (Å²) in [4.78, 5) is 21.2. The number of benzene rings is 4. The molecule has 0 aliphatic carbocycles. The van der Waals surface area contributed by atoms with Gasteiger partial charge in [0, 0.05) is 14.7 Å². The van der Waals surface area contributed by atoms with Crippen molar-refractivity contribution in [2.24, 2.45) is 0 Å². The number of hydroxylamine groups is 1. The summed E-state index contributed by atoms with van der Waals surface area (Å²) in [6, 6.07) is 34.9. The number of amides is 1. The molecule has 4 rings (SSSR count). The lowest BCUT2D eigenvalue weighted by Crippen LogP contribution is -2.25. The van der Waals surface area contributed by atoms with Gasteiger partial charge < -0.3 is 0 Å². The zero-order chi connectivity index (χ0) is 22.9. The summed E-state index contributed by atoms with van der Waals surface area (Å²) in [7, 11) is 0. The zero-order valence-corrected chi connectivity index (χ0v) is 20.0. The minimum absolute atomic E-state index is 0.164. The Kier molecular flexibility index (Phi) is 8.25. The van der Waals surface area contributed by atoms with E-state index in [1.165, 1.54) is 16.0 Å². The molecule has 1 N–H and O–H groups in total. The third kappa shape index (κ3) is 6.75. The van der Waals surface area contributed by atoms with Gasteiger partial charge >= 0.3 is 0 Å². The van der Waals surface area contributed by atoms with Crippen LogP contribution in [0.15, 0.2) is 118 Å². The normalized spacial score (nSPS) is 10.7. The van der Waals surface area contributed by atoms with Crippen LogP contribution in [0, 0.1) is 0 Å². The van der Waals surface area contributed by atoms with E-state index in [9.17, 15) is 4.79 Å². The second kappa shape index (κ2) is 11.8. The quantitative estimate of drug-likeness (QED) is 0.210. The molecule has 0 aliphatic heterocycles. The van der Waals surface area contributed by atoms with Gasteiger partial charge in [-0.05, 0) is 58.8 Å². The molecule has 0 fully saturated rings. The lowest BCUT2D eigenvalue weighted by molar-refractivity contribution is -0.133. The van der Waals surface area contributed by atoms with E-state index < -0.39 is 0 Å². The van der Waals surface area contributed by atoms with Crippen molar-refractivity contribution in [2.45, 2.75) is 27.7 Å². The van der Waals surface area contributed by atoms with E-state index in [4.69, 9.17) is 4.84 Å². The summed E-state index contributed by atoms with van der Waals surface area (Å²) in [5.41, 5.74) is 6.93. The van der Waals surface area contributed by atoms with Gasteiger partial charge in [-0.2, -0.15) is 0 Å². The largest absolute Gasteiger partial charge is 0.272 e. The fourth-order valence-corrected chi connectivity index (χ4v) is 4.71. The molecule has 0 aromatic heterocycles. The summed E-state index contributed by atoms with van der Waals surface area (Å²) in [6.45, 7) is 0.343. The van der Waals surface area contributed by atoms with Crippen molar-refractivity contribution in [3.63, 3.8) is 0 Å². The zero-order valence-electron chi connectivity index (χ0n) is 18.4. The lowest BCUT2D eigenvalue weighted by Gasteiger charge is -2.11. The number of rotatable bonds is 9. The first-order chi connectivity index (χ1) is 16.2. The minimum atomic E-state index is -0.164. The molecular weight excluding hydrogens is 446 g/mol. The van der Waals surface area contributed by atoms with Gasteiger partial charge in [-0.3, -0.25) is 9.63 Å². The highest BCUT2D eigenvalue weighted by Crippen LogP contribution is 2.32. The van der Waals surface area contributed by atoms with E-state index in [1.54, 1.807) is 23.5 Å². The number of hydrogen-bond acceptors (Lipinski definition) is 4. The van der Waals surface area contributed by atoms with Crippen LogP contribution in [-0.4, -0.2) is 12.2 Å². The average molecular weight is 472 g/mol. The molecule has 0 aliphatic rings. The van der Waals surface area contributed by atoms with Crippen LogP contribution in [0.3, 0.4) is 0 Å². The Hall–Kier alpha value is -2.99. The molecule has 0 bridgehead atoms. The van der Waals surface area contributed by atoms with Crippen molar-refractivity contribution in [3.8, 4) is 11.1 Å². The summed E-state index contributed by atoms with van der Waals surface area (Å²) in [5, 5.41) is 0. The Bertz CT molecular complexity index is 1180. The molecular formula is C28H25NO2S2. The Labute approximate surface area is 203 Å². The van der Waals surface area contributed by atoms with Gasteiger partial charge in [0.25, 0.3) is 0 Å². The predicted octanol–water partition coefficient (Wildman–Crippen LogP) is 7.02. The molecule has 0 saturated heterocycles. The average Bonchev–Trinajstić information content (AvgIpc) is 2.86. The smallest absolute Gasteiger partial charge is 0.248 e. The van der Waals surface area contributed by atoms with Crippen molar-refractivity contribution < 1.29 is 9.63 Å². The van der Waals surface area contributed by atoms with Gasteiger partial charge in [0.2, 0.25) is 5.91 Å². The highest BCUT2D eigenvalue weighted by Gasteiger charge is 2.10. The maximum absolute atomic E-state index is 12.4. The predicted molar refractivity (Wildman–Crippen MR) is 137 cm³/mol. The molecule has 0 atom stereocenters. The molecule has 166 valence electrons. The van der Waals surface area contributed by atoms with Crippen LogP contribution in [0.1, 0.15) is 11.1 Å². The first-order valence-corrected chi connectivity index (χ1v) is 12.7. The molecule has 3 nitrogen and oxygen atoms in total. The molecule has 33 heavy (non-hydrogen) atoms. The van der Waals surface area contributed by atoms with Crippen LogP contribution in [0.25, 0.3) is 11.1 Å². The second-order valence-electron chi connectivity index (χ2n) is 7.44. The van der Waals surface area contributed by atoms with E-state index in [-0.39, 0.29) is 12.3 Å². The van der Waals surface area contributed by atoms with Crippen LogP contribution in [0.2, 0.25) is 0 Å². The van der Waals surface area contributed by atoms with Crippen LogP contribution in [0.4, 0.5) is 0 Å². The van der Waals surface area contributed by atoms with Crippen LogP contribution in [0.5, 0.6) is 0 Å². The van der Waals surface area contributed by atoms with Gasteiger partial charge in [0.15, 0.2) is 0 Å². The second-order valence-corrected chi connectivity index (χ2v) is 9.43. The highest BCUT2D eigenvalue weighted by molar-refractivity contribution is 7.99. The van der Waals surface area contributed by atoms with E-state index in [1.807, 2.05) is 54.6 Å². The molecule has 0 radical (unpaired) electrons. The van der Waals surface area contributed by atoms with E-state index in [0.717, 1.165) is 20.9 Å². The SMILES string of the molecule is CSc1ccc(-c2ccc(Sc3ccccc3CC(=O)NOCc3ccccc3)cc2)cc1. The third-order valence-corrected chi connectivity index (χ3v) is 6.97. The number of carbonyl (C=O) groups excluding carboxylic acids is 1. The topological polar surface area (TPSA) is 38.3 Å². The Morgan fingerprint density at radius 1 is 0.758 bits per heavy atom. The summed E-state index contributed by atoms with van der Waals surface area (Å²) < 4.78 is 0. The Balaban J connectivity index is 1.36. The first-order valence-electron chi connectivity index (χ1n) is 10.7. The monoisotopic (exact) mass is 471 g/mol.